The van der Waals surface area contributed by atoms with E-state index in [0.717, 1.165) is 5.56 Å². The van der Waals surface area contributed by atoms with Crippen molar-refractivity contribution in [2.24, 2.45) is 0 Å². The maximum absolute atomic E-state index is 12.6. The fourth-order valence-electron chi connectivity index (χ4n) is 2.15. The SMILES string of the molecule is COC(=O)Cc1cccc(OC)c1NS(=O)(=O)c1ccc(C)cc1. The molecule has 0 bridgehead atoms. The number of anilines is 1. The third-order valence-corrected chi connectivity index (χ3v) is 4.83. The molecule has 0 aliphatic rings. The van der Waals surface area contributed by atoms with Gasteiger partial charge in [-0.3, -0.25) is 9.52 Å². The molecule has 2 rings (SSSR count). The van der Waals surface area contributed by atoms with Crippen molar-refractivity contribution in [2.45, 2.75) is 18.2 Å². The quantitative estimate of drug-likeness (QED) is 0.811. The third kappa shape index (κ3) is 4.05. The van der Waals surface area contributed by atoms with Crippen LogP contribution in [0.4, 0.5) is 5.69 Å². The van der Waals surface area contributed by atoms with Crippen molar-refractivity contribution >= 4 is 21.7 Å². The number of aryl methyl sites for hydroxylation is 1. The van der Waals surface area contributed by atoms with E-state index < -0.39 is 16.0 Å². The summed E-state index contributed by atoms with van der Waals surface area (Å²) in [5, 5.41) is 0. The van der Waals surface area contributed by atoms with Crippen molar-refractivity contribution in [1.82, 2.24) is 0 Å². The van der Waals surface area contributed by atoms with E-state index in [1.54, 1.807) is 30.3 Å². The zero-order valence-electron chi connectivity index (χ0n) is 13.7. The number of ether oxygens (including phenoxy) is 2. The Morgan fingerprint density at radius 1 is 1.08 bits per heavy atom. The number of rotatable bonds is 6. The summed E-state index contributed by atoms with van der Waals surface area (Å²) in [5.41, 5.74) is 1.65. The number of hydrogen-bond acceptors (Lipinski definition) is 5. The molecule has 0 amide bonds. The molecule has 2 aromatic carbocycles. The van der Waals surface area contributed by atoms with Crippen LogP contribution in [0.2, 0.25) is 0 Å². The van der Waals surface area contributed by atoms with E-state index in [2.05, 4.69) is 9.46 Å². The Hall–Kier alpha value is -2.54. The van der Waals surface area contributed by atoms with Gasteiger partial charge in [0.25, 0.3) is 10.0 Å². The number of sulfonamides is 1. The standard InChI is InChI=1S/C17H19NO5S/c1-12-7-9-14(10-8-12)24(20,21)18-17-13(11-16(19)23-3)5-4-6-15(17)22-2/h4-10,18H,11H2,1-3H3. The van der Waals surface area contributed by atoms with Gasteiger partial charge in [0.1, 0.15) is 5.75 Å². The van der Waals surface area contributed by atoms with Gasteiger partial charge < -0.3 is 9.47 Å². The number of benzene rings is 2. The molecule has 24 heavy (non-hydrogen) atoms. The van der Waals surface area contributed by atoms with E-state index in [9.17, 15) is 13.2 Å². The summed E-state index contributed by atoms with van der Waals surface area (Å²) in [6.45, 7) is 1.87. The first kappa shape index (κ1) is 17.8. The average Bonchev–Trinajstić information content (AvgIpc) is 2.56. The third-order valence-electron chi connectivity index (χ3n) is 3.46. The molecule has 0 aliphatic carbocycles. The summed E-state index contributed by atoms with van der Waals surface area (Å²) < 4.78 is 37.6. The monoisotopic (exact) mass is 349 g/mol. The lowest BCUT2D eigenvalue weighted by molar-refractivity contribution is -0.139. The molecule has 7 heteroatoms. The molecular formula is C17H19NO5S. The minimum absolute atomic E-state index is 0.0700. The lowest BCUT2D eigenvalue weighted by atomic mass is 10.1. The van der Waals surface area contributed by atoms with Crippen molar-refractivity contribution in [3.05, 3.63) is 53.6 Å². The minimum atomic E-state index is -3.81. The van der Waals surface area contributed by atoms with E-state index in [4.69, 9.17) is 4.74 Å². The highest BCUT2D eigenvalue weighted by molar-refractivity contribution is 7.92. The van der Waals surface area contributed by atoms with Gasteiger partial charge >= 0.3 is 5.97 Å². The average molecular weight is 349 g/mol. The molecule has 0 unspecified atom stereocenters. The number of para-hydroxylation sites is 1. The second kappa shape index (κ2) is 7.35. The van der Waals surface area contributed by atoms with Crippen LogP contribution in [0.1, 0.15) is 11.1 Å². The van der Waals surface area contributed by atoms with Gasteiger partial charge in [-0.15, -0.1) is 0 Å². The van der Waals surface area contributed by atoms with Crippen molar-refractivity contribution in [2.75, 3.05) is 18.9 Å². The highest BCUT2D eigenvalue weighted by Gasteiger charge is 2.20. The Bertz CT molecular complexity index is 829. The minimum Gasteiger partial charge on any atom is -0.495 e. The van der Waals surface area contributed by atoms with Crippen molar-refractivity contribution in [3.63, 3.8) is 0 Å². The van der Waals surface area contributed by atoms with E-state index in [-0.39, 0.29) is 17.0 Å². The summed E-state index contributed by atoms with van der Waals surface area (Å²) in [6.07, 6.45) is -0.0700. The van der Waals surface area contributed by atoms with E-state index in [0.29, 0.717) is 11.3 Å². The van der Waals surface area contributed by atoms with Gasteiger partial charge in [-0.2, -0.15) is 0 Å². The fraction of sp³-hybridized carbons (Fsp3) is 0.235. The number of carbonyl (C=O) groups is 1. The fourth-order valence-corrected chi connectivity index (χ4v) is 3.26. The zero-order chi connectivity index (χ0) is 17.7. The van der Waals surface area contributed by atoms with Crippen LogP contribution in [-0.2, 0) is 26.0 Å². The summed E-state index contributed by atoms with van der Waals surface area (Å²) >= 11 is 0. The molecule has 0 atom stereocenters. The van der Waals surface area contributed by atoms with Gasteiger partial charge in [-0.05, 0) is 30.7 Å². The first-order chi connectivity index (χ1) is 11.4. The molecule has 128 valence electrons. The number of hydrogen-bond donors (Lipinski definition) is 1. The molecule has 6 nitrogen and oxygen atoms in total. The molecule has 0 saturated carbocycles. The smallest absolute Gasteiger partial charge is 0.310 e. The van der Waals surface area contributed by atoms with E-state index in [1.807, 2.05) is 6.92 Å². The van der Waals surface area contributed by atoms with Gasteiger partial charge in [-0.1, -0.05) is 29.8 Å². The summed E-state index contributed by atoms with van der Waals surface area (Å²) in [7, 11) is -1.10. The van der Waals surface area contributed by atoms with Crippen molar-refractivity contribution in [1.29, 1.82) is 0 Å². The Kier molecular flexibility index (Phi) is 5.46. The van der Waals surface area contributed by atoms with Crippen LogP contribution in [0.5, 0.6) is 5.75 Å². The van der Waals surface area contributed by atoms with Gasteiger partial charge in [0.2, 0.25) is 0 Å². The highest BCUT2D eigenvalue weighted by Crippen LogP contribution is 2.31. The van der Waals surface area contributed by atoms with Gasteiger partial charge in [0.15, 0.2) is 0 Å². The largest absolute Gasteiger partial charge is 0.495 e. The predicted molar refractivity (Wildman–Crippen MR) is 90.7 cm³/mol. The molecule has 1 N–H and O–H groups in total. The lowest BCUT2D eigenvalue weighted by Gasteiger charge is -2.15. The van der Waals surface area contributed by atoms with Crippen LogP contribution in [0, 0.1) is 6.92 Å². The number of esters is 1. The molecule has 0 saturated heterocycles. The molecular weight excluding hydrogens is 330 g/mol. The zero-order valence-corrected chi connectivity index (χ0v) is 14.5. The maximum atomic E-state index is 12.6. The summed E-state index contributed by atoms with van der Waals surface area (Å²) in [4.78, 5) is 11.7. The second-order valence-corrected chi connectivity index (χ2v) is 6.85. The first-order valence-electron chi connectivity index (χ1n) is 7.19. The lowest BCUT2D eigenvalue weighted by Crippen LogP contribution is -2.16. The second-order valence-electron chi connectivity index (χ2n) is 5.17. The Labute approximate surface area is 141 Å². The van der Waals surface area contributed by atoms with E-state index >= 15 is 0 Å². The topological polar surface area (TPSA) is 81.7 Å². The van der Waals surface area contributed by atoms with Crippen molar-refractivity contribution in [3.8, 4) is 5.75 Å². The molecule has 0 radical (unpaired) electrons. The summed E-state index contributed by atoms with van der Waals surface area (Å²) in [5.74, 6) is -0.147. The molecule has 0 aliphatic heterocycles. The van der Waals surface area contributed by atoms with Crippen LogP contribution < -0.4 is 9.46 Å². The molecule has 2 aromatic rings. The summed E-state index contributed by atoms with van der Waals surface area (Å²) in [6, 6.07) is 11.4. The van der Waals surface area contributed by atoms with E-state index in [1.165, 1.54) is 26.4 Å². The van der Waals surface area contributed by atoms with Gasteiger partial charge in [0, 0.05) is 0 Å². The van der Waals surface area contributed by atoms with Crippen LogP contribution in [0.3, 0.4) is 0 Å². The van der Waals surface area contributed by atoms with Crippen LogP contribution in [-0.4, -0.2) is 28.6 Å². The Morgan fingerprint density at radius 2 is 1.75 bits per heavy atom. The molecule has 0 fully saturated rings. The predicted octanol–water partition coefficient (Wildman–Crippen LogP) is 2.52. The van der Waals surface area contributed by atoms with Crippen LogP contribution >= 0.6 is 0 Å². The van der Waals surface area contributed by atoms with Crippen LogP contribution in [0.25, 0.3) is 0 Å². The van der Waals surface area contributed by atoms with Gasteiger partial charge in [-0.25, -0.2) is 8.42 Å². The Morgan fingerprint density at radius 3 is 2.33 bits per heavy atom. The van der Waals surface area contributed by atoms with Crippen LogP contribution in [0.15, 0.2) is 47.4 Å². The molecule has 0 spiro atoms. The maximum Gasteiger partial charge on any atom is 0.310 e. The van der Waals surface area contributed by atoms with Gasteiger partial charge in [0.05, 0.1) is 31.2 Å². The number of methoxy groups -OCH3 is 2. The van der Waals surface area contributed by atoms with Crippen molar-refractivity contribution < 1.29 is 22.7 Å². The Balaban J connectivity index is 2.43. The molecule has 0 aromatic heterocycles. The highest BCUT2D eigenvalue weighted by atomic mass is 32.2. The first-order valence-corrected chi connectivity index (χ1v) is 8.68. The molecule has 0 heterocycles. The normalized spacial score (nSPS) is 11.0. The number of nitrogens with one attached hydrogen (secondary N) is 1. The number of carbonyl (C=O) groups excluding carboxylic acids is 1.